The number of nitrogens with one attached hydrogen (secondary N) is 2. The van der Waals surface area contributed by atoms with Crippen LogP contribution in [0.4, 0.5) is 42.5 Å². The lowest BCUT2D eigenvalue weighted by Gasteiger charge is -2.26. The Balaban J connectivity index is 1.56. The molecule has 1 atom stereocenters. The number of hydrogen-bond donors (Lipinski definition) is 4. The topological polar surface area (TPSA) is 102 Å². The SMILES string of the molecule is O=C(Nc1cc(F)cc(C(F)(F)F)c1)N(Cc1ccc(C(O)NCC(F)(F)C(=O)O)cc1)c1ccc(C2CCCCC2)cc1. The summed E-state index contributed by atoms with van der Waals surface area (Å²) in [7, 11) is 0. The predicted molar refractivity (Wildman–Crippen MR) is 151 cm³/mol. The first-order chi connectivity index (χ1) is 20.7. The zero-order chi connectivity index (χ0) is 32.1. The van der Waals surface area contributed by atoms with E-state index in [1.807, 2.05) is 17.4 Å². The second kappa shape index (κ2) is 13.7. The fourth-order valence-electron chi connectivity index (χ4n) is 5.07. The molecule has 44 heavy (non-hydrogen) atoms. The maximum atomic E-state index is 14.0. The summed E-state index contributed by atoms with van der Waals surface area (Å²) in [5, 5.41) is 23.1. The van der Waals surface area contributed by atoms with Crippen LogP contribution in [-0.4, -0.2) is 34.7 Å². The predicted octanol–water partition coefficient (Wildman–Crippen LogP) is 7.43. The van der Waals surface area contributed by atoms with Gasteiger partial charge < -0.3 is 15.5 Å². The molecule has 1 aliphatic rings. The number of alkyl halides is 5. The normalized spacial score (nSPS) is 15.1. The number of anilines is 2. The third-order valence-electron chi connectivity index (χ3n) is 7.47. The van der Waals surface area contributed by atoms with Gasteiger partial charge in [-0.05, 0) is 65.8 Å². The Morgan fingerprint density at radius 2 is 1.55 bits per heavy atom. The molecule has 1 unspecified atom stereocenters. The molecule has 1 fully saturated rings. The van der Waals surface area contributed by atoms with E-state index in [0.717, 1.165) is 37.3 Å². The molecule has 1 saturated carbocycles. The van der Waals surface area contributed by atoms with E-state index in [4.69, 9.17) is 5.11 Å². The van der Waals surface area contributed by atoms with Gasteiger partial charge in [0, 0.05) is 11.4 Å². The van der Waals surface area contributed by atoms with Crippen LogP contribution in [0.1, 0.15) is 66.5 Å². The molecule has 4 rings (SSSR count). The van der Waals surface area contributed by atoms with Crippen molar-refractivity contribution in [2.75, 3.05) is 16.8 Å². The lowest BCUT2D eigenvalue weighted by molar-refractivity contribution is -0.164. The Labute approximate surface area is 249 Å². The number of nitrogens with zero attached hydrogens (tertiary/aromatic N) is 1. The minimum atomic E-state index is -4.83. The Bertz CT molecular complexity index is 1440. The van der Waals surface area contributed by atoms with Crippen molar-refractivity contribution in [2.45, 2.75) is 62.9 Å². The maximum Gasteiger partial charge on any atom is 0.416 e. The van der Waals surface area contributed by atoms with E-state index in [2.05, 4.69) is 5.32 Å². The summed E-state index contributed by atoms with van der Waals surface area (Å²) in [5.74, 6) is -7.23. The summed E-state index contributed by atoms with van der Waals surface area (Å²) in [6.45, 7) is -1.41. The van der Waals surface area contributed by atoms with Crippen molar-refractivity contribution in [2.24, 2.45) is 0 Å². The number of aliphatic carboxylic acids is 1. The van der Waals surface area contributed by atoms with Crippen LogP contribution < -0.4 is 15.5 Å². The monoisotopic (exact) mass is 623 g/mol. The van der Waals surface area contributed by atoms with Crippen molar-refractivity contribution in [3.63, 3.8) is 0 Å². The summed E-state index contributed by atoms with van der Waals surface area (Å²) < 4.78 is 80.5. The van der Waals surface area contributed by atoms with E-state index < -0.39 is 53.9 Å². The molecule has 0 radical (unpaired) electrons. The first-order valence-electron chi connectivity index (χ1n) is 13.9. The summed E-state index contributed by atoms with van der Waals surface area (Å²) in [6, 6.07) is 13.9. The molecule has 7 nitrogen and oxygen atoms in total. The largest absolute Gasteiger partial charge is 0.477 e. The number of benzene rings is 3. The average molecular weight is 624 g/mol. The van der Waals surface area contributed by atoms with Crippen LogP contribution in [-0.2, 0) is 17.5 Å². The zero-order valence-corrected chi connectivity index (χ0v) is 23.4. The Morgan fingerprint density at radius 3 is 2.14 bits per heavy atom. The smallest absolute Gasteiger partial charge is 0.416 e. The molecule has 0 heterocycles. The van der Waals surface area contributed by atoms with Gasteiger partial charge in [0.15, 0.2) is 0 Å². The second-order valence-electron chi connectivity index (χ2n) is 10.7. The molecule has 236 valence electrons. The Morgan fingerprint density at radius 1 is 0.909 bits per heavy atom. The number of carbonyl (C=O) groups excluding carboxylic acids is 1. The number of hydrogen-bond acceptors (Lipinski definition) is 4. The molecule has 0 aromatic heterocycles. The van der Waals surface area contributed by atoms with Crippen LogP contribution in [0.2, 0.25) is 0 Å². The molecule has 13 heteroatoms. The number of halogens is 6. The Hall–Kier alpha value is -4.10. The number of amides is 2. The molecule has 0 aliphatic heterocycles. The van der Waals surface area contributed by atoms with Gasteiger partial charge in [0.25, 0.3) is 0 Å². The van der Waals surface area contributed by atoms with E-state index in [-0.39, 0.29) is 12.1 Å². The highest BCUT2D eigenvalue weighted by Crippen LogP contribution is 2.34. The van der Waals surface area contributed by atoms with Crippen molar-refractivity contribution in [3.05, 3.63) is 94.8 Å². The van der Waals surface area contributed by atoms with E-state index in [1.165, 1.54) is 35.6 Å². The van der Waals surface area contributed by atoms with Crippen molar-refractivity contribution in [1.29, 1.82) is 0 Å². The van der Waals surface area contributed by atoms with E-state index in [9.17, 15) is 41.0 Å². The summed E-state index contributed by atoms with van der Waals surface area (Å²) in [5.41, 5.74) is 0.499. The number of carboxylic acid groups (broad SMARTS) is 1. The summed E-state index contributed by atoms with van der Waals surface area (Å²) in [6.07, 6.45) is -0.929. The molecule has 3 aromatic rings. The molecule has 3 aromatic carbocycles. The highest BCUT2D eigenvalue weighted by molar-refractivity contribution is 6.01. The highest BCUT2D eigenvalue weighted by atomic mass is 19.4. The molecule has 0 bridgehead atoms. The quantitative estimate of drug-likeness (QED) is 0.139. The van der Waals surface area contributed by atoms with Gasteiger partial charge in [0.05, 0.1) is 18.7 Å². The summed E-state index contributed by atoms with van der Waals surface area (Å²) in [4.78, 5) is 25.3. The van der Waals surface area contributed by atoms with Crippen LogP contribution in [0.5, 0.6) is 0 Å². The third kappa shape index (κ3) is 8.50. The van der Waals surface area contributed by atoms with E-state index >= 15 is 0 Å². The van der Waals surface area contributed by atoms with Gasteiger partial charge in [0.2, 0.25) is 0 Å². The first-order valence-corrected chi connectivity index (χ1v) is 13.9. The fraction of sp³-hybridized carbons (Fsp3) is 0.355. The standard InChI is InChI=1S/C31H31F6N3O4/c32-24-14-23(31(35,36)37)15-25(16-24)39-29(44)40(26-12-10-21(11-13-26)20-4-2-1-3-5-20)17-19-6-8-22(9-7-19)27(41)38-18-30(33,34)28(42)43/h6-16,20,27,38,41H,1-5,17-18H2,(H,39,44)(H,42,43). The van der Waals surface area contributed by atoms with Crippen molar-refractivity contribution < 1.29 is 46.1 Å². The average Bonchev–Trinajstić information content (AvgIpc) is 2.98. The van der Waals surface area contributed by atoms with Crippen LogP contribution >= 0.6 is 0 Å². The maximum absolute atomic E-state index is 14.0. The second-order valence-corrected chi connectivity index (χ2v) is 10.7. The molecule has 0 spiro atoms. The van der Waals surface area contributed by atoms with Crippen molar-refractivity contribution in [3.8, 4) is 0 Å². The van der Waals surface area contributed by atoms with Gasteiger partial charge in [-0.2, -0.15) is 22.0 Å². The molecular formula is C31H31F6N3O4. The van der Waals surface area contributed by atoms with E-state index in [1.54, 1.807) is 12.1 Å². The van der Waals surface area contributed by atoms with Crippen LogP contribution in [0.3, 0.4) is 0 Å². The Kier molecular flexibility index (Phi) is 10.2. The van der Waals surface area contributed by atoms with Crippen molar-refractivity contribution in [1.82, 2.24) is 5.32 Å². The van der Waals surface area contributed by atoms with Gasteiger partial charge >= 0.3 is 24.1 Å². The van der Waals surface area contributed by atoms with E-state index in [0.29, 0.717) is 29.3 Å². The van der Waals surface area contributed by atoms with Gasteiger partial charge in [-0.1, -0.05) is 55.7 Å². The van der Waals surface area contributed by atoms with Gasteiger partial charge in [-0.15, -0.1) is 0 Å². The van der Waals surface area contributed by atoms with Crippen molar-refractivity contribution >= 4 is 23.4 Å². The highest BCUT2D eigenvalue weighted by Gasteiger charge is 2.39. The molecule has 4 N–H and O–H groups in total. The number of carboxylic acids is 1. The van der Waals surface area contributed by atoms with Gasteiger partial charge in [0.1, 0.15) is 12.0 Å². The molecular weight excluding hydrogens is 592 g/mol. The minimum absolute atomic E-state index is 0.100. The molecule has 1 aliphatic carbocycles. The first kappa shape index (κ1) is 32.8. The fourth-order valence-corrected chi connectivity index (χ4v) is 5.07. The van der Waals surface area contributed by atoms with Gasteiger partial charge in [-0.3, -0.25) is 10.2 Å². The number of carbonyl (C=O) groups is 2. The third-order valence-corrected chi connectivity index (χ3v) is 7.47. The lowest BCUT2D eigenvalue weighted by atomic mass is 9.84. The number of aliphatic hydroxyl groups excluding tert-OH is 1. The zero-order valence-electron chi connectivity index (χ0n) is 23.4. The number of aliphatic hydroxyl groups is 1. The van der Waals surface area contributed by atoms with Crippen LogP contribution in [0.25, 0.3) is 0 Å². The number of rotatable bonds is 10. The molecule has 2 amide bonds. The summed E-state index contributed by atoms with van der Waals surface area (Å²) >= 11 is 0. The lowest BCUT2D eigenvalue weighted by Crippen LogP contribution is -2.41. The van der Waals surface area contributed by atoms with Crippen LogP contribution in [0.15, 0.2) is 66.7 Å². The molecule has 0 saturated heterocycles. The number of urea groups is 1. The van der Waals surface area contributed by atoms with Crippen LogP contribution in [0, 0.1) is 5.82 Å². The van der Waals surface area contributed by atoms with Gasteiger partial charge in [-0.25, -0.2) is 14.0 Å². The minimum Gasteiger partial charge on any atom is -0.477 e.